The lowest BCUT2D eigenvalue weighted by atomic mass is 9.94. The largest absolute Gasteiger partial charge is 0.507 e. The van der Waals surface area contributed by atoms with Crippen LogP contribution in [0.15, 0.2) is 72.3 Å². The van der Waals surface area contributed by atoms with E-state index in [1.165, 1.54) is 12.0 Å². The molecule has 0 saturated carbocycles. The fourth-order valence-corrected chi connectivity index (χ4v) is 4.30. The Hall–Kier alpha value is -3.77. The maximum Gasteiger partial charge on any atom is 0.300 e. The van der Waals surface area contributed by atoms with E-state index in [0.29, 0.717) is 39.9 Å². The lowest BCUT2D eigenvalue weighted by Gasteiger charge is -2.26. The van der Waals surface area contributed by atoms with Crippen LogP contribution in [0.4, 0.5) is 5.69 Å². The second-order valence-electron chi connectivity index (χ2n) is 7.86. The van der Waals surface area contributed by atoms with Crippen molar-refractivity contribution in [3.05, 3.63) is 94.0 Å². The summed E-state index contributed by atoms with van der Waals surface area (Å²) in [6.07, 6.45) is 0. The van der Waals surface area contributed by atoms with Gasteiger partial charge in [-0.05, 0) is 61.4 Å². The summed E-state index contributed by atoms with van der Waals surface area (Å²) in [4.78, 5) is 28.0. The van der Waals surface area contributed by atoms with Crippen LogP contribution in [0.5, 0.6) is 11.5 Å². The van der Waals surface area contributed by atoms with Gasteiger partial charge >= 0.3 is 0 Å². The number of hydrogen-bond acceptors (Lipinski definition) is 5. The normalized spacial score (nSPS) is 17.2. The van der Waals surface area contributed by atoms with E-state index in [2.05, 4.69) is 0 Å². The van der Waals surface area contributed by atoms with E-state index in [-0.39, 0.29) is 11.3 Å². The highest BCUT2D eigenvalue weighted by Gasteiger charge is 2.47. The van der Waals surface area contributed by atoms with Gasteiger partial charge < -0.3 is 14.6 Å². The van der Waals surface area contributed by atoms with Crippen molar-refractivity contribution in [3.8, 4) is 11.5 Å². The van der Waals surface area contributed by atoms with Crippen molar-refractivity contribution in [2.45, 2.75) is 19.9 Å². The molecular formula is C27H24ClNO5. The minimum Gasteiger partial charge on any atom is -0.507 e. The van der Waals surface area contributed by atoms with E-state index in [4.69, 9.17) is 21.1 Å². The summed E-state index contributed by atoms with van der Waals surface area (Å²) in [5.74, 6) is -0.814. The van der Waals surface area contributed by atoms with Gasteiger partial charge in [0.2, 0.25) is 0 Å². The Kier molecular flexibility index (Phi) is 6.61. The van der Waals surface area contributed by atoms with E-state index < -0.39 is 17.7 Å². The van der Waals surface area contributed by atoms with Gasteiger partial charge in [-0.25, -0.2) is 0 Å². The molecule has 0 spiro atoms. The Balaban J connectivity index is 1.96. The number of nitrogens with zero attached hydrogens (tertiary/aromatic N) is 1. The molecule has 0 aliphatic carbocycles. The second kappa shape index (κ2) is 9.61. The van der Waals surface area contributed by atoms with Crippen LogP contribution in [0.25, 0.3) is 5.76 Å². The number of hydrogen-bond donors (Lipinski definition) is 1. The van der Waals surface area contributed by atoms with Crippen LogP contribution in [0, 0.1) is 6.92 Å². The molecule has 1 saturated heterocycles. The third-order valence-electron chi connectivity index (χ3n) is 5.63. The Morgan fingerprint density at radius 1 is 1.03 bits per heavy atom. The number of ketones is 1. The smallest absolute Gasteiger partial charge is 0.300 e. The molecule has 1 aliphatic rings. The molecule has 1 N–H and O–H groups in total. The number of aryl methyl sites for hydroxylation is 1. The first-order valence-electron chi connectivity index (χ1n) is 10.8. The molecule has 0 bridgehead atoms. The molecule has 1 heterocycles. The number of aliphatic hydroxyl groups excluding tert-OH is 1. The average Bonchev–Trinajstić information content (AvgIpc) is 3.09. The Morgan fingerprint density at radius 2 is 1.79 bits per heavy atom. The quantitative estimate of drug-likeness (QED) is 0.281. The first-order valence-corrected chi connectivity index (χ1v) is 11.2. The van der Waals surface area contributed by atoms with Gasteiger partial charge in [0.05, 0.1) is 25.3 Å². The summed E-state index contributed by atoms with van der Waals surface area (Å²) in [5.41, 5.74) is 2.38. The first kappa shape index (κ1) is 23.4. The van der Waals surface area contributed by atoms with Gasteiger partial charge in [0, 0.05) is 16.3 Å². The van der Waals surface area contributed by atoms with Crippen molar-refractivity contribution in [1.29, 1.82) is 0 Å². The van der Waals surface area contributed by atoms with Crippen molar-refractivity contribution in [2.75, 3.05) is 18.6 Å². The predicted octanol–water partition coefficient (Wildman–Crippen LogP) is 5.68. The molecule has 6 nitrogen and oxygen atoms in total. The standard InChI is InChI=1S/C27H24ClNO5/c1-4-34-21-12-11-17(15-22(21)33-3)24-23(25(30)18-8-6-9-19(28)14-18)26(31)27(32)29(24)20-10-5-7-16(2)13-20/h5-15,24,30H,4H2,1-3H3/b25-23-. The van der Waals surface area contributed by atoms with Crippen LogP contribution in [-0.2, 0) is 9.59 Å². The van der Waals surface area contributed by atoms with Gasteiger partial charge in [-0.2, -0.15) is 0 Å². The molecule has 7 heteroatoms. The molecule has 1 fully saturated rings. The fraction of sp³-hybridized carbons (Fsp3) is 0.185. The zero-order valence-electron chi connectivity index (χ0n) is 19.0. The molecule has 0 aromatic heterocycles. The molecule has 174 valence electrons. The zero-order chi connectivity index (χ0) is 24.4. The van der Waals surface area contributed by atoms with Crippen LogP contribution < -0.4 is 14.4 Å². The van der Waals surface area contributed by atoms with Crippen molar-refractivity contribution < 1.29 is 24.2 Å². The highest BCUT2D eigenvalue weighted by atomic mass is 35.5. The van der Waals surface area contributed by atoms with Crippen molar-refractivity contribution in [1.82, 2.24) is 0 Å². The number of anilines is 1. The number of carbonyl (C=O) groups excluding carboxylic acids is 2. The van der Waals surface area contributed by atoms with Gasteiger partial charge in [0.1, 0.15) is 5.76 Å². The van der Waals surface area contributed by atoms with E-state index in [1.54, 1.807) is 48.5 Å². The lowest BCUT2D eigenvalue weighted by Crippen LogP contribution is -2.29. The molecule has 1 amide bonds. The first-order chi connectivity index (χ1) is 16.3. The number of carbonyl (C=O) groups is 2. The van der Waals surface area contributed by atoms with Crippen molar-refractivity contribution in [3.63, 3.8) is 0 Å². The van der Waals surface area contributed by atoms with Gasteiger partial charge in [0.15, 0.2) is 11.5 Å². The number of rotatable bonds is 6. The van der Waals surface area contributed by atoms with E-state index in [0.717, 1.165) is 5.56 Å². The summed E-state index contributed by atoms with van der Waals surface area (Å²) < 4.78 is 11.1. The molecular weight excluding hydrogens is 454 g/mol. The topological polar surface area (TPSA) is 76.1 Å². The van der Waals surface area contributed by atoms with Gasteiger partial charge in [-0.3, -0.25) is 14.5 Å². The van der Waals surface area contributed by atoms with Crippen LogP contribution in [-0.4, -0.2) is 30.5 Å². The number of methoxy groups -OCH3 is 1. The molecule has 1 aliphatic heterocycles. The summed E-state index contributed by atoms with van der Waals surface area (Å²) in [7, 11) is 1.52. The van der Waals surface area contributed by atoms with E-state index in [1.807, 2.05) is 32.0 Å². The van der Waals surface area contributed by atoms with Gasteiger partial charge in [-0.1, -0.05) is 41.9 Å². The highest BCUT2D eigenvalue weighted by molar-refractivity contribution is 6.51. The lowest BCUT2D eigenvalue weighted by molar-refractivity contribution is -0.132. The highest BCUT2D eigenvalue weighted by Crippen LogP contribution is 2.44. The number of benzene rings is 3. The minimum atomic E-state index is -0.884. The van der Waals surface area contributed by atoms with Crippen LogP contribution >= 0.6 is 11.6 Å². The number of amides is 1. The third kappa shape index (κ3) is 4.24. The number of aliphatic hydroxyl groups is 1. The molecule has 4 rings (SSSR count). The summed E-state index contributed by atoms with van der Waals surface area (Å²) in [6, 6.07) is 18.1. The maximum atomic E-state index is 13.3. The minimum absolute atomic E-state index is 0.0278. The molecule has 34 heavy (non-hydrogen) atoms. The van der Waals surface area contributed by atoms with E-state index >= 15 is 0 Å². The van der Waals surface area contributed by atoms with Crippen molar-refractivity contribution in [2.24, 2.45) is 0 Å². The average molecular weight is 478 g/mol. The monoisotopic (exact) mass is 477 g/mol. The molecule has 3 aromatic rings. The molecule has 3 aromatic carbocycles. The van der Waals surface area contributed by atoms with Crippen molar-refractivity contribution >= 4 is 34.7 Å². The van der Waals surface area contributed by atoms with Gasteiger partial charge in [0.25, 0.3) is 11.7 Å². The number of ether oxygens (including phenoxy) is 2. The maximum absolute atomic E-state index is 13.3. The fourth-order valence-electron chi connectivity index (χ4n) is 4.11. The number of halogens is 1. The summed E-state index contributed by atoms with van der Waals surface area (Å²) >= 11 is 6.12. The predicted molar refractivity (Wildman–Crippen MR) is 132 cm³/mol. The van der Waals surface area contributed by atoms with Crippen LogP contribution in [0.1, 0.15) is 29.7 Å². The molecule has 1 atom stereocenters. The zero-order valence-corrected chi connectivity index (χ0v) is 19.8. The van der Waals surface area contributed by atoms with Crippen LogP contribution in [0.3, 0.4) is 0 Å². The van der Waals surface area contributed by atoms with Gasteiger partial charge in [-0.15, -0.1) is 0 Å². The van der Waals surface area contributed by atoms with E-state index in [9.17, 15) is 14.7 Å². The Morgan fingerprint density at radius 3 is 2.47 bits per heavy atom. The SMILES string of the molecule is CCOc1ccc(C2/C(=C(/O)c3cccc(Cl)c3)C(=O)C(=O)N2c2cccc(C)c2)cc1OC. The summed E-state index contributed by atoms with van der Waals surface area (Å²) in [6.45, 7) is 4.22. The Bertz CT molecular complexity index is 1300. The number of Topliss-reactive ketones (excluding diaryl/α,β-unsaturated/α-hetero) is 1. The molecule has 1 unspecified atom stereocenters. The second-order valence-corrected chi connectivity index (χ2v) is 8.30. The molecule has 0 radical (unpaired) electrons. The summed E-state index contributed by atoms with van der Waals surface area (Å²) in [5, 5.41) is 11.6. The third-order valence-corrected chi connectivity index (χ3v) is 5.86. The van der Waals surface area contributed by atoms with Crippen LogP contribution in [0.2, 0.25) is 5.02 Å². The Labute approximate surface area is 203 Å².